The van der Waals surface area contributed by atoms with E-state index < -0.39 is 0 Å². The number of hydrogen-bond acceptors (Lipinski definition) is 3. The zero-order chi connectivity index (χ0) is 14.6. The molecule has 108 valence electrons. The summed E-state index contributed by atoms with van der Waals surface area (Å²) in [6.07, 6.45) is 0. The van der Waals surface area contributed by atoms with Crippen LogP contribution in [0.1, 0.15) is 18.7 Å². The van der Waals surface area contributed by atoms with Gasteiger partial charge in [-0.25, -0.2) is 0 Å². The van der Waals surface area contributed by atoms with E-state index in [0.717, 1.165) is 13.1 Å². The molecule has 0 saturated carbocycles. The fraction of sp³-hybridized carbons (Fsp3) is 0.412. The Labute approximate surface area is 126 Å². The Morgan fingerprint density at radius 3 is 2.45 bits per heavy atom. The first-order valence-corrected chi connectivity index (χ1v) is 7.88. The standard InChI is InChI=1S/C17H24N2S/c1-17(2,19(3)4)13-18-11-16-10-15(12-20-16)14-8-6-5-7-9-14/h5-10,12,18H,11,13H2,1-4H3. The van der Waals surface area contributed by atoms with E-state index in [9.17, 15) is 0 Å². The van der Waals surface area contributed by atoms with Crippen LogP contribution in [0.5, 0.6) is 0 Å². The molecule has 0 fully saturated rings. The molecule has 0 radical (unpaired) electrons. The van der Waals surface area contributed by atoms with Crippen molar-refractivity contribution in [2.24, 2.45) is 0 Å². The van der Waals surface area contributed by atoms with Crippen LogP contribution in [0.15, 0.2) is 41.8 Å². The Balaban J connectivity index is 1.91. The second-order valence-electron chi connectivity index (χ2n) is 5.98. The number of rotatable bonds is 6. The summed E-state index contributed by atoms with van der Waals surface area (Å²) in [7, 11) is 4.25. The molecule has 0 amide bonds. The first-order chi connectivity index (χ1) is 9.49. The van der Waals surface area contributed by atoms with E-state index in [1.165, 1.54) is 16.0 Å². The van der Waals surface area contributed by atoms with Gasteiger partial charge in [0, 0.05) is 23.5 Å². The summed E-state index contributed by atoms with van der Waals surface area (Å²) in [4.78, 5) is 3.64. The molecule has 0 aliphatic heterocycles. The van der Waals surface area contributed by atoms with E-state index in [1.54, 1.807) is 0 Å². The van der Waals surface area contributed by atoms with Crippen LogP contribution in [0.4, 0.5) is 0 Å². The molecule has 0 bridgehead atoms. The number of likely N-dealkylation sites (N-methyl/N-ethyl adjacent to an activating group) is 1. The first kappa shape index (κ1) is 15.2. The Morgan fingerprint density at radius 2 is 1.80 bits per heavy atom. The molecule has 3 heteroatoms. The van der Waals surface area contributed by atoms with E-state index >= 15 is 0 Å². The van der Waals surface area contributed by atoms with Gasteiger partial charge >= 0.3 is 0 Å². The van der Waals surface area contributed by atoms with Crippen LogP contribution in [0, 0.1) is 0 Å². The second-order valence-corrected chi connectivity index (χ2v) is 6.97. The molecule has 20 heavy (non-hydrogen) atoms. The lowest BCUT2D eigenvalue weighted by Gasteiger charge is -2.32. The minimum atomic E-state index is 0.180. The van der Waals surface area contributed by atoms with Crippen molar-refractivity contribution in [2.75, 3.05) is 20.6 Å². The van der Waals surface area contributed by atoms with Crippen LogP contribution in [0.3, 0.4) is 0 Å². The highest BCUT2D eigenvalue weighted by atomic mass is 32.1. The molecule has 1 aromatic heterocycles. The highest BCUT2D eigenvalue weighted by Crippen LogP contribution is 2.25. The fourth-order valence-electron chi connectivity index (χ4n) is 1.91. The van der Waals surface area contributed by atoms with Crippen LogP contribution >= 0.6 is 11.3 Å². The molecule has 2 nitrogen and oxygen atoms in total. The molecular formula is C17H24N2S. The van der Waals surface area contributed by atoms with E-state index in [4.69, 9.17) is 0 Å². The number of nitrogens with zero attached hydrogens (tertiary/aromatic N) is 1. The summed E-state index contributed by atoms with van der Waals surface area (Å²) in [6, 6.07) is 12.8. The Kier molecular flexibility index (Phi) is 4.97. The molecule has 0 spiro atoms. The fourth-order valence-corrected chi connectivity index (χ4v) is 2.77. The van der Waals surface area contributed by atoms with Crippen LogP contribution in [-0.4, -0.2) is 31.1 Å². The molecule has 0 aliphatic carbocycles. The molecule has 1 N–H and O–H groups in total. The molecule has 0 unspecified atom stereocenters. The molecule has 1 aromatic carbocycles. The summed E-state index contributed by atoms with van der Waals surface area (Å²) in [5.74, 6) is 0. The topological polar surface area (TPSA) is 15.3 Å². The quantitative estimate of drug-likeness (QED) is 0.868. The predicted octanol–water partition coefficient (Wildman–Crippen LogP) is 3.84. The number of benzene rings is 1. The molecule has 0 saturated heterocycles. The first-order valence-electron chi connectivity index (χ1n) is 7.00. The Morgan fingerprint density at radius 1 is 1.10 bits per heavy atom. The van der Waals surface area contributed by atoms with Gasteiger partial charge in [-0.15, -0.1) is 11.3 Å². The number of hydrogen-bond donors (Lipinski definition) is 1. The Bertz CT molecular complexity index is 529. The molecule has 0 aliphatic rings. The smallest absolute Gasteiger partial charge is 0.0300 e. The van der Waals surface area contributed by atoms with Crippen molar-refractivity contribution in [3.05, 3.63) is 46.7 Å². The van der Waals surface area contributed by atoms with Gasteiger partial charge in [0.2, 0.25) is 0 Å². The normalized spacial score (nSPS) is 12.1. The van der Waals surface area contributed by atoms with E-state index in [0.29, 0.717) is 0 Å². The van der Waals surface area contributed by atoms with Crippen molar-refractivity contribution in [1.82, 2.24) is 10.2 Å². The maximum Gasteiger partial charge on any atom is 0.0300 e. The van der Waals surface area contributed by atoms with Crippen molar-refractivity contribution >= 4 is 11.3 Å². The van der Waals surface area contributed by atoms with Crippen molar-refractivity contribution in [1.29, 1.82) is 0 Å². The second kappa shape index (κ2) is 6.53. The zero-order valence-corrected chi connectivity index (χ0v) is 13.6. The summed E-state index contributed by atoms with van der Waals surface area (Å²) in [5, 5.41) is 5.80. The van der Waals surface area contributed by atoms with Crippen LogP contribution in [-0.2, 0) is 6.54 Å². The number of thiophene rings is 1. The van der Waals surface area contributed by atoms with Crippen molar-refractivity contribution in [3.63, 3.8) is 0 Å². The van der Waals surface area contributed by atoms with Gasteiger partial charge < -0.3 is 10.2 Å². The lowest BCUT2D eigenvalue weighted by Crippen LogP contribution is -2.46. The lowest BCUT2D eigenvalue weighted by molar-refractivity contribution is 0.190. The van der Waals surface area contributed by atoms with Gasteiger partial charge in [-0.3, -0.25) is 0 Å². The van der Waals surface area contributed by atoms with Crippen molar-refractivity contribution in [3.8, 4) is 11.1 Å². The summed E-state index contributed by atoms with van der Waals surface area (Å²) in [6.45, 7) is 6.43. The third kappa shape index (κ3) is 3.92. The average molecular weight is 288 g/mol. The largest absolute Gasteiger partial charge is 0.310 e. The summed E-state index contributed by atoms with van der Waals surface area (Å²) < 4.78 is 0. The van der Waals surface area contributed by atoms with Gasteiger partial charge in [-0.2, -0.15) is 0 Å². The third-order valence-corrected chi connectivity index (χ3v) is 4.77. The summed E-state index contributed by atoms with van der Waals surface area (Å²) >= 11 is 1.83. The molecule has 2 aromatic rings. The van der Waals surface area contributed by atoms with E-state index in [-0.39, 0.29) is 5.54 Å². The van der Waals surface area contributed by atoms with Gasteiger partial charge in [-0.1, -0.05) is 30.3 Å². The monoisotopic (exact) mass is 288 g/mol. The lowest BCUT2D eigenvalue weighted by atomic mass is 10.0. The van der Waals surface area contributed by atoms with Crippen LogP contribution in [0.25, 0.3) is 11.1 Å². The van der Waals surface area contributed by atoms with Gasteiger partial charge in [-0.05, 0) is 50.5 Å². The minimum Gasteiger partial charge on any atom is -0.310 e. The minimum absolute atomic E-state index is 0.180. The maximum atomic E-state index is 3.56. The number of nitrogens with one attached hydrogen (secondary N) is 1. The van der Waals surface area contributed by atoms with Gasteiger partial charge in [0.1, 0.15) is 0 Å². The highest BCUT2D eigenvalue weighted by molar-refractivity contribution is 7.10. The van der Waals surface area contributed by atoms with Crippen molar-refractivity contribution in [2.45, 2.75) is 25.9 Å². The molecule has 2 rings (SSSR count). The predicted molar refractivity (Wildman–Crippen MR) is 89.2 cm³/mol. The van der Waals surface area contributed by atoms with Crippen LogP contribution in [0.2, 0.25) is 0 Å². The molecule has 1 heterocycles. The van der Waals surface area contributed by atoms with Gasteiger partial charge in [0.05, 0.1) is 0 Å². The third-order valence-electron chi connectivity index (χ3n) is 3.83. The summed E-state index contributed by atoms with van der Waals surface area (Å²) in [5.41, 5.74) is 2.79. The van der Waals surface area contributed by atoms with E-state index in [2.05, 4.69) is 79.9 Å². The van der Waals surface area contributed by atoms with Crippen molar-refractivity contribution < 1.29 is 0 Å². The zero-order valence-electron chi connectivity index (χ0n) is 12.8. The average Bonchev–Trinajstić information content (AvgIpc) is 2.88. The van der Waals surface area contributed by atoms with E-state index in [1.807, 2.05) is 11.3 Å². The molecule has 0 atom stereocenters. The van der Waals surface area contributed by atoms with Gasteiger partial charge in [0.25, 0.3) is 0 Å². The van der Waals surface area contributed by atoms with Crippen LogP contribution < -0.4 is 5.32 Å². The maximum absolute atomic E-state index is 3.56. The Hall–Kier alpha value is -1.16. The SMILES string of the molecule is CN(C)C(C)(C)CNCc1cc(-c2ccccc2)cs1. The van der Waals surface area contributed by atoms with Gasteiger partial charge in [0.15, 0.2) is 0 Å². The molecular weight excluding hydrogens is 264 g/mol. The highest BCUT2D eigenvalue weighted by Gasteiger charge is 2.19.